The molecule has 2 aliphatic rings. The van der Waals surface area contributed by atoms with E-state index in [1.807, 2.05) is 6.07 Å². The number of fused-ring (bicyclic) bond motifs is 3. The maximum Gasteiger partial charge on any atom is 0.220 e. The number of aryl methyl sites for hydroxylation is 1. The molecule has 1 heterocycles. The van der Waals surface area contributed by atoms with E-state index in [4.69, 9.17) is 0 Å². The molecule has 1 aliphatic carbocycles. The molecule has 90 valence electrons. The molecule has 1 aromatic rings. The van der Waals surface area contributed by atoms with Crippen LogP contribution < -0.4 is 5.32 Å². The largest absolute Gasteiger partial charge is 0.352 e. The molecule has 0 bridgehead atoms. The molecule has 2 atom stereocenters. The molecule has 0 unspecified atom stereocenters. The third kappa shape index (κ3) is 1.56. The minimum atomic E-state index is -0.178. The second-order valence-electron chi connectivity index (χ2n) is 5.38. The molecule has 1 N–H and O–H groups in total. The average Bonchev–Trinajstić information content (AvgIpc) is 2.31. The van der Waals surface area contributed by atoms with Gasteiger partial charge in [0.25, 0.3) is 0 Å². The number of hydrogen-bond acceptors (Lipinski definition) is 1. The van der Waals surface area contributed by atoms with E-state index in [1.165, 1.54) is 11.6 Å². The van der Waals surface area contributed by atoms with Crippen LogP contribution in [-0.4, -0.2) is 11.9 Å². The molecule has 17 heavy (non-hydrogen) atoms. The number of halogens is 1. The molecule has 0 aromatic heterocycles. The van der Waals surface area contributed by atoms with Crippen molar-refractivity contribution in [2.75, 3.05) is 0 Å². The second kappa shape index (κ2) is 3.56. The lowest BCUT2D eigenvalue weighted by molar-refractivity contribution is -0.125. The quantitative estimate of drug-likeness (QED) is 0.732. The van der Waals surface area contributed by atoms with Gasteiger partial charge in [0.05, 0.1) is 0 Å². The number of amides is 1. The molecule has 1 fully saturated rings. The third-order valence-corrected chi connectivity index (χ3v) is 4.37. The van der Waals surface area contributed by atoms with Gasteiger partial charge in [0, 0.05) is 17.9 Å². The summed E-state index contributed by atoms with van der Waals surface area (Å²) >= 11 is 0. The van der Waals surface area contributed by atoms with Crippen LogP contribution >= 0.6 is 0 Å². The molecule has 3 heteroatoms. The number of nitrogens with one attached hydrogen (secondary N) is 1. The summed E-state index contributed by atoms with van der Waals surface area (Å²) in [4.78, 5) is 11.5. The standard InChI is InChI=1S/C14H16FNO/c1-14-7-6-13(17)16-12(14)5-3-9-2-4-10(15)8-11(9)14/h2,4,8,12H,3,5-7H2,1H3,(H,16,17)/t12-,14-/m1/s1. The van der Waals surface area contributed by atoms with Crippen LogP contribution in [0.15, 0.2) is 18.2 Å². The first-order valence-corrected chi connectivity index (χ1v) is 6.18. The van der Waals surface area contributed by atoms with Crippen LogP contribution in [0, 0.1) is 5.82 Å². The molecule has 1 saturated heterocycles. The van der Waals surface area contributed by atoms with E-state index < -0.39 is 0 Å². The normalized spacial score (nSPS) is 31.4. The van der Waals surface area contributed by atoms with Crippen LogP contribution in [0.1, 0.15) is 37.3 Å². The number of rotatable bonds is 0. The first-order valence-electron chi connectivity index (χ1n) is 6.18. The zero-order valence-corrected chi connectivity index (χ0v) is 9.92. The lowest BCUT2D eigenvalue weighted by Crippen LogP contribution is -2.55. The number of benzene rings is 1. The first-order chi connectivity index (χ1) is 8.09. The molecular weight excluding hydrogens is 217 g/mol. The average molecular weight is 233 g/mol. The minimum absolute atomic E-state index is 0.0937. The van der Waals surface area contributed by atoms with Gasteiger partial charge in [0.15, 0.2) is 0 Å². The van der Waals surface area contributed by atoms with Gasteiger partial charge < -0.3 is 5.32 Å². The molecule has 1 amide bonds. The van der Waals surface area contributed by atoms with Crippen LogP contribution in [0.2, 0.25) is 0 Å². The van der Waals surface area contributed by atoms with Crippen molar-refractivity contribution < 1.29 is 9.18 Å². The van der Waals surface area contributed by atoms with Crippen molar-refractivity contribution in [1.29, 1.82) is 0 Å². The van der Waals surface area contributed by atoms with Crippen molar-refractivity contribution in [2.45, 2.75) is 44.1 Å². The van der Waals surface area contributed by atoms with Crippen molar-refractivity contribution in [2.24, 2.45) is 0 Å². The maximum atomic E-state index is 13.4. The molecule has 3 rings (SSSR count). The molecule has 0 saturated carbocycles. The second-order valence-corrected chi connectivity index (χ2v) is 5.38. The Morgan fingerprint density at radius 1 is 1.41 bits per heavy atom. The summed E-state index contributed by atoms with van der Waals surface area (Å²) in [6, 6.07) is 5.24. The Hall–Kier alpha value is -1.38. The fraction of sp³-hybridized carbons (Fsp3) is 0.500. The van der Waals surface area contributed by atoms with Gasteiger partial charge in [0.2, 0.25) is 5.91 Å². The Balaban J connectivity index is 2.09. The van der Waals surface area contributed by atoms with Gasteiger partial charge in [-0.2, -0.15) is 0 Å². The summed E-state index contributed by atoms with van der Waals surface area (Å²) in [5.41, 5.74) is 2.24. The monoisotopic (exact) mass is 233 g/mol. The maximum absolute atomic E-state index is 13.4. The van der Waals surface area contributed by atoms with Crippen molar-refractivity contribution in [1.82, 2.24) is 5.32 Å². The predicted octanol–water partition coefficient (Wildman–Crippen LogP) is 2.31. The molecule has 1 aliphatic heterocycles. The first kappa shape index (κ1) is 10.8. The fourth-order valence-corrected chi connectivity index (χ4v) is 3.28. The summed E-state index contributed by atoms with van der Waals surface area (Å²) < 4.78 is 13.4. The molecule has 0 radical (unpaired) electrons. The highest BCUT2D eigenvalue weighted by atomic mass is 19.1. The van der Waals surface area contributed by atoms with E-state index in [9.17, 15) is 9.18 Å². The Morgan fingerprint density at radius 3 is 3.06 bits per heavy atom. The van der Waals surface area contributed by atoms with Gasteiger partial charge in [-0.15, -0.1) is 0 Å². The fourth-order valence-electron chi connectivity index (χ4n) is 3.28. The highest BCUT2D eigenvalue weighted by Gasteiger charge is 2.44. The summed E-state index contributed by atoms with van der Waals surface area (Å²) in [7, 11) is 0. The van der Waals surface area contributed by atoms with Gasteiger partial charge in [-0.1, -0.05) is 13.0 Å². The highest BCUT2D eigenvalue weighted by molar-refractivity contribution is 5.78. The van der Waals surface area contributed by atoms with Crippen molar-refractivity contribution in [3.63, 3.8) is 0 Å². The predicted molar refractivity (Wildman–Crippen MR) is 63.2 cm³/mol. The SMILES string of the molecule is C[C@]12CCC(=O)N[C@@H]1CCc1ccc(F)cc12. The van der Waals surface area contributed by atoms with Crippen molar-refractivity contribution in [3.05, 3.63) is 35.1 Å². The van der Waals surface area contributed by atoms with Gasteiger partial charge in [0.1, 0.15) is 5.82 Å². The van der Waals surface area contributed by atoms with Crippen LogP contribution in [0.3, 0.4) is 0 Å². The van der Waals surface area contributed by atoms with Crippen molar-refractivity contribution >= 4 is 5.91 Å². The highest BCUT2D eigenvalue weighted by Crippen LogP contribution is 2.42. The molecular formula is C14H16FNO. The van der Waals surface area contributed by atoms with Crippen LogP contribution in [-0.2, 0) is 16.6 Å². The third-order valence-electron chi connectivity index (χ3n) is 4.37. The number of piperidine rings is 1. The molecule has 2 nitrogen and oxygen atoms in total. The zero-order valence-electron chi connectivity index (χ0n) is 9.92. The number of carbonyl (C=O) groups is 1. The Kier molecular flexibility index (Phi) is 2.25. The van der Waals surface area contributed by atoms with E-state index >= 15 is 0 Å². The van der Waals surface area contributed by atoms with E-state index in [0.717, 1.165) is 24.8 Å². The van der Waals surface area contributed by atoms with Crippen LogP contribution in [0.4, 0.5) is 4.39 Å². The lowest BCUT2D eigenvalue weighted by atomic mass is 9.64. The summed E-state index contributed by atoms with van der Waals surface area (Å²) in [5.74, 6) is -0.0464. The zero-order chi connectivity index (χ0) is 12.0. The summed E-state index contributed by atoms with van der Waals surface area (Å²) in [6.07, 6.45) is 3.25. The van der Waals surface area contributed by atoms with E-state index in [1.54, 1.807) is 6.07 Å². The lowest BCUT2D eigenvalue weighted by Gasteiger charge is -2.46. The summed E-state index contributed by atoms with van der Waals surface area (Å²) in [5, 5.41) is 3.06. The molecule has 1 aromatic carbocycles. The van der Waals surface area contributed by atoms with Gasteiger partial charge in [-0.3, -0.25) is 4.79 Å². The Labute approximate surface area is 100 Å². The Bertz CT molecular complexity index is 485. The number of hydrogen-bond donors (Lipinski definition) is 1. The summed E-state index contributed by atoms with van der Waals surface area (Å²) in [6.45, 7) is 2.15. The van der Waals surface area contributed by atoms with Gasteiger partial charge in [-0.05, 0) is 42.5 Å². The van der Waals surface area contributed by atoms with Crippen LogP contribution in [0.25, 0.3) is 0 Å². The van der Waals surface area contributed by atoms with E-state index in [0.29, 0.717) is 6.42 Å². The topological polar surface area (TPSA) is 29.1 Å². The molecule has 0 spiro atoms. The number of carbonyl (C=O) groups excluding carboxylic acids is 1. The van der Waals surface area contributed by atoms with Crippen LogP contribution in [0.5, 0.6) is 0 Å². The van der Waals surface area contributed by atoms with Gasteiger partial charge in [-0.25, -0.2) is 4.39 Å². The Morgan fingerprint density at radius 2 is 2.24 bits per heavy atom. The van der Waals surface area contributed by atoms with Gasteiger partial charge >= 0.3 is 0 Å². The van der Waals surface area contributed by atoms with Crippen molar-refractivity contribution in [3.8, 4) is 0 Å². The minimum Gasteiger partial charge on any atom is -0.352 e. The smallest absolute Gasteiger partial charge is 0.220 e. The van der Waals surface area contributed by atoms with E-state index in [2.05, 4.69) is 12.2 Å². The van der Waals surface area contributed by atoms with E-state index in [-0.39, 0.29) is 23.2 Å².